The van der Waals surface area contributed by atoms with E-state index in [9.17, 15) is 4.79 Å². The first-order chi connectivity index (χ1) is 11.2. The molecule has 1 aliphatic rings. The van der Waals surface area contributed by atoms with Crippen LogP contribution >= 0.6 is 0 Å². The third-order valence-electron chi connectivity index (χ3n) is 3.95. The molecule has 0 aliphatic carbocycles. The highest BCUT2D eigenvalue weighted by molar-refractivity contribution is 5.77. The largest absolute Gasteiger partial charge is 0.369 e. The zero-order valence-electron chi connectivity index (χ0n) is 12.4. The predicted octanol–water partition coefficient (Wildman–Crippen LogP) is 1.46. The van der Waals surface area contributed by atoms with Gasteiger partial charge in [-0.05, 0) is 37.5 Å². The molecule has 0 spiro atoms. The molecule has 23 heavy (non-hydrogen) atoms. The number of fused-ring (bicyclic) bond motifs is 1. The van der Waals surface area contributed by atoms with Crippen molar-refractivity contribution in [1.29, 1.82) is 0 Å². The fraction of sp³-hybridized carbons (Fsp3) is 0.333. The lowest BCUT2D eigenvalue weighted by molar-refractivity contribution is -0.0384. The number of nitrogens with two attached hydrogens (primary N) is 1. The summed E-state index contributed by atoms with van der Waals surface area (Å²) in [4.78, 5) is 22.9. The fourth-order valence-electron chi connectivity index (χ4n) is 2.84. The lowest BCUT2D eigenvalue weighted by atomic mass is 10.2. The van der Waals surface area contributed by atoms with E-state index in [0.717, 1.165) is 31.6 Å². The smallest absolute Gasteiger partial charge is 0.261 e. The number of rotatable bonds is 2. The number of hydrogen-bond donors (Lipinski definition) is 2. The van der Waals surface area contributed by atoms with Crippen LogP contribution in [0.5, 0.6) is 0 Å². The Balaban J connectivity index is 1.80. The minimum atomic E-state index is -0.296. The minimum Gasteiger partial charge on any atom is -0.369 e. The molecule has 8 nitrogen and oxygen atoms in total. The van der Waals surface area contributed by atoms with Crippen molar-refractivity contribution in [3.05, 3.63) is 34.7 Å². The summed E-state index contributed by atoms with van der Waals surface area (Å²) < 4.78 is 7.63. The highest BCUT2D eigenvalue weighted by Crippen LogP contribution is 2.27. The minimum absolute atomic E-state index is 0.0521. The van der Waals surface area contributed by atoms with Crippen LogP contribution in [-0.2, 0) is 4.74 Å². The molecule has 1 atom stereocenters. The summed E-state index contributed by atoms with van der Waals surface area (Å²) in [6.07, 6.45) is 4.75. The van der Waals surface area contributed by atoms with Crippen LogP contribution in [0.2, 0.25) is 0 Å². The second kappa shape index (κ2) is 5.47. The van der Waals surface area contributed by atoms with Gasteiger partial charge >= 0.3 is 0 Å². The number of H-pyrrole nitrogens is 1. The molecule has 1 saturated heterocycles. The van der Waals surface area contributed by atoms with E-state index in [1.807, 2.05) is 10.7 Å². The highest BCUT2D eigenvalue weighted by Gasteiger charge is 2.20. The summed E-state index contributed by atoms with van der Waals surface area (Å²) in [5.41, 5.74) is 7.14. The molecule has 0 aromatic carbocycles. The maximum Gasteiger partial charge on any atom is 0.261 e. The first kappa shape index (κ1) is 13.9. The number of nitrogen functional groups attached to an aromatic ring is 1. The lowest BCUT2D eigenvalue weighted by Crippen LogP contribution is -2.20. The quantitative estimate of drug-likeness (QED) is 0.741. The summed E-state index contributed by atoms with van der Waals surface area (Å²) in [5.74, 6) is 0.0521. The molecule has 1 fully saturated rings. The van der Waals surface area contributed by atoms with Crippen LogP contribution < -0.4 is 11.3 Å². The first-order valence-corrected chi connectivity index (χ1v) is 7.54. The van der Waals surface area contributed by atoms with E-state index in [4.69, 9.17) is 10.5 Å². The summed E-state index contributed by atoms with van der Waals surface area (Å²) in [6, 6.07) is 5.36. The topological polar surface area (TPSA) is 112 Å². The molecular weight excluding hydrogens is 296 g/mol. The molecule has 3 N–H and O–H groups in total. The second-order valence-electron chi connectivity index (χ2n) is 5.50. The van der Waals surface area contributed by atoms with Gasteiger partial charge in [0.15, 0.2) is 11.9 Å². The van der Waals surface area contributed by atoms with Gasteiger partial charge in [-0.2, -0.15) is 10.1 Å². The molecule has 3 aromatic heterocycles. The second-order valence-corrected chi connectivity index (χ2v) is 5.50. The molecular formula is C15H16N6O2. The molecule has 8 heteroatoms. The zero-order chi connectivity index (χ0) is 15.8. The van der Waals surface area contributed by atoms with Crippen molar-refractivity contribution in [3.8, 4) is 11.4 Å². The van der Waals surface area contributed by atoms with Crippen LogP contribution in [0.15, 0.2) is 29.2 Å². The van der Waals surface area contributed by atoms with Crippen LogP contribution in [0.25, 0.3) is 22.4 Å². The molecule has 0 amide bonds. The molecule has 4 heterocycles. The molecule has 0 bridgehead atoms. The number of aromatic nitrogens is 5. The Kier molecular flexibility index (Phi) is 3.30. The van der Waals surface area contributed by atoms with Crippen LogP contribution in [0, 0.1) is 0 Å². The molecule has 0 radical (unpaired) electrons. The van der Waals surface area contributed by atoms with E-state index >= 15 is 0 Å². The average molecular weight is 312 g/mol. The fourth-order valence-corrected chi connectivity index (χ4v) is 2.84. The van der Waals surface area contributed by atoms with Crippen molar-refractivity contribution in [1.82, 2.24) is 24.7 Å². The van der Waals surface area contributed by atoms with Gasteiger partial charge in [0.05, 0.1) is 16.8 Å². The van der Waals surface area contributed by atoms with E-state index in [1.165, 1.54) is 0 Å². The summed E-state index contributed by atoms with van der Waals surface area (Å²) in [5, 5.41) is 4.78. The van der Waals surface area contributed by atoms with E-state index in [-0.39, 0.29) is 17.7 Å². The summed E-state index contributed by atoms with van der Waals surface area (Å²) >= 11 is 0. The van der Waals surface area contributed by atoms with E-state index in [2.05, 4.69) is 20.1 Å². The molecule has 1 aliphatic heterocycles. The summed E-state index contributed by atoms with van der Waals surface area (Å²) in [7, 11) is 0. The summed E-state index contributed by atoms with van der Waals surface area (Å²) in [6.45, 7) is 0.739. The van der Waals surface area contributed by atoms with Crippen LogP contribution in [-0.4, -0.2) is 31.3 Å². The molecule has 1 unspecified atom stereocenters. The van der Waals surface area contributed by atoms with Gasteiger partial charge < -0.3 is 10.5 Å². The van der Waals surface area contributed by atoms with Gasteiger partial charge in [0.25, 0.3) is 5.56 Å². The van der Waals surface area contributed by atoms with Gasteiger partial charge in [-0.1, -0.05) is 0 Å². The molecule has 0 saturated carbocycles. The number of anilines is 1. The maximum absolute atomic E-state index is 11.9. The Morgan fingerprint density at radius 2 is 2.17 bits per heavy atom. The van der Waals surface area contributed by atoms with Gasteiger partial charge in [0.2, 0.25) is 5.95 Å². The number of pyridine rings is 1. The highest BCUT2D eigenvalue weighted by atomic mass is 16.5. The third kappa shape index (κ3) is 2.46. The van der Waals surface area contributed by atoms with Crippen molar-refractivity contribution in [3.63, 3.8) is 0 Å². The SMILES string of the molecule is Nc1nc2nc(-c3ccnn3C3CCCCO3)ccc2c(=O)[nH]1. The van der Waals surface area contributed by atoms with Gasteiger partial charge in [-0.15, -0.1) is 0 Å². The van der Waals surface area contributed by atoms with Crippen LogP contribution in [0.4, 0.5) is 5.95 Å². The average Bonchev–Trinajstić information content (AvgIpc) is 3.04. The lowest BCUT2D eigenvalue weighted by Gasteiger charge is -2.24. The normalized spacial score (nSPS) is 18.3. The van der Waals surface area contributed by atoms with Crippen molar-refractivity contribution >= 4 is 17.0 Å². The van der Waals surface area contributed by atoms with Crippen molar-refractivity contribution in [2.75, 3.05) is 12.3 Å². The number of nitrogens with zero attached hydrogens (tertiary/aromatic N) is 4. The van der Waals surface area contributed by atoms with Gasteiger partial charge in [-0.25, -0.2) is 9.67 Å². The van der Waals surface area contributed by atoms with Gasteiger partial charge in [-0.3, -0.25) is 9.78 Å². The van der Waals surface area contributed by atoms with Crippen molar-refractivity contribution < 1.29 is 4.74 Å². The number of nitrogens with one attached hydrogen (secondary N) is 1. The Morgan fingerprint density at radius 3 is 3.00 bits per heavy atom. The Morgan fingerprint density at radius 1 is 1.26 bits per heavy atom. The van der Waals surface area contributed by atoms with Crippen molar-refractivity contribution in [2.24, 2.45) is 0 Å². The molecule has 4 rings (SSSR count). The Bertz CT molecular complexity index is 910. The van der Waals surface area contributed by atoms with Gasteiger partial charge in [0.1, 0.15) is 0 Å². The third-order valence-corrected chi connectivity index (χ3v) is 3.95. The van der Waals surface area contributed by atoms with E-state index in [0.29, 0.717) is 16.7 Å². The van der Waals surface area contributed by atoms with Crippen LogP contribution in [0.3, 0.4) is 0 Å². The van der Waals surface area contributed by atoms with E-state index in [1.54, 1.807) is 18.3 Å². The zero-order valence-corrected chi connectivity index (χ0v) is 12.4. The Hall–Kier alpha value is -2.74. The Labute approximate surface area is 131 Å². The first-order valence-electron chi connectivity index (χ1n) is 7.54. The molecule has 3 aromatic rings. The number of hydrogen-bond acceptors (Lipinski definition) is 6. The van der Waals surface area contributed by atoms with E-state index < -0.39 is 0 Å². The number of ether oxygens (including phenoxy) is 1. The van der Waals surface area contributed by atoms with Crippen molar-refractivity contribution in [2.45, 2.75) is 25.5 Å². The predicted molar refractivity (Wildman–Crippen MR) is 84.6 cm³/mol. The standard InChI is InChI=1S/C15H16N6O2/c16-15-19-13-9(14(22)20-15)4-5-10(18-13)11-6-7-17-21(11)12-3-1-2-8-23-12/h4-7,12H,1-3,8H2,(H3,16,18,19,20,22). The van der Waals surface area contributed by atoms with Gasteiger partial charge in [0, 0.05) is 12.8 Å². The van der Waals surface area contributed by atoms with Crippen LogP contribution in [0.1, 0.15) is 25.5 Å². The molecule has 118 valence electrons. The monoisotopic (exact) mass is 312 g/mol. The maximum atomic E-state index is 11.9. The number of aromatic amines is 1.